The van der Waals surface area contributed by atoms with Crippen molar-refractivity contribution < 1.29 is 33.5 Å². The third-order valence-electron chi connectivity index (χ3n) is 12.9. The van der Waals surface area contributed by atoms with Crippen LogP contribution in [0.4, 0.5) is 0 Å². The number of likely N-dealkylation sites (N-methyl/N-ethyl adjacent to an activating group) is 2. The van der Waals surface area contributed by atoms with Crippen molar-refractivity contribution in [2.75, 3.05) is 27.7 Å². The summed E-state index contributed by atoms with van der Waals surface area (Å²) in [4.78, 5) is 86.6. The summed E-state index contributed by atoms with van der Waals surface area (Å²) in [5.74, 6) is -2.02. The van der Waals surface area contributed by atoms with E-state index < -0.39 is 30.1 Å². The zero-order valence-corrected chi connectivity index (χ0v) is 39.4. The molecule has 0 spiro atoms. The summed E-state index contributed by atoms with van der Waals surface area (Å²) in [5.41, 5.74) is 1.51. The van der Waals surface area contributed by atoms with Gasteiger partial charge in [0.1, 0.15) is 12.1 Å². The molecule has 3 rings (SSSR count). The number of hydrogen-bond acceptors (Lipinski definition) is 8. The standard InChI is InChI=1S/C49H75N5O7/c1-15-31(6)44(53(14)48(59)42(29(2)3)51-47(58)43(30(4)5)52(12)13)32(7)28-41(56)54-27-19-22-40(54)33(8)34(9)46(57)50-35(10)45(38-20-17-16-18-21-38)61-49(60)39-25-23-37(24-26-39)36(11)55/h16-18,20-21,23-26,29-35,40,42-45H,15,19,22,27-28H2,1-14H3,(H,50,57)(H,51,58)/t31-,32+,33+,34+,35+,40-,42-,43-,44-,45?/m0/s1. The van der Waals surface area contributed by atoms with Gasteiger partial charge in [0, 0.05) is 43.6 Å². The molecule has 338 valence electrons. The van der Waals surface area contributed by atoms with E-state index in [4.69, 9.17) is 4.74 Å². The molecule has 0 radical (unpaired) electrons. The van der Waals surface area contributed by atoms with E-state index in [2.05, 4.69) is 24.5 Å². The van der Waals surface area contributed by atoms with Gasteiger partial charge in [-0.05, 0) is 88.1 Å². The predicted octanol–water partition coefficient (Wildman–Crippen LogP) is 7.18. The fourth-order valence-electron chi connectivity index (χ4n) is 9.11. The first-order valence-corrected chi connectivity index (χ1v) is 22.3. The maximum Gasteiger partial charge on any atom is 0.338 e. The van der Waals surface area contributed by atoms with E-state index in [9.17, 15) is 28.8 Å². The molecule has 2 aromatic rings. The Morgan fingerprint density at radius 2 is 1.36 bits per heavy atom. The summed E-state index contributed by atoms with van der Waals surface area (Å²) < 4.78 is 6.02. The molecule has 0 aliphatic carbocycles. The number of esters is 1. The number of ether oxygens (including phenoxy) is 1. The van der Waals surface area contributed by atoms with E-state index in [0.29, 0.717) is 17.7 Å². The molecule has 1 aliphatic rings. The topological polar surface area (TPSA) is 145 Å². The van der Waals surface area contributed by atoms with Gasteiger partial charge in [-0.2, -0.15) is 0 Å². The van der Waals surface area contributed by atoms with Gasteiger partial charge in [0.25, 0.3) is 0 Å². The van der Waals surface area contributed by atoms with Gasteiger partial charge in [0.2, 0.25) is 23.6 Å². The lowest BCUT2D eigenvalue weighted by Gasteiger charge is -2.40. The minimum Gasteiger partial charge on any atom is -0.452 e. The molecular formula is C49H75N5O7. The molecule has 12 nitrogen and oxygen atoms in total. The van der Waals surface area contributed by atoms with Gasteiger partial charge in [0.15, 0.2) is 5.78 Å². The number of hydrogen-bond donors (Lipinski definition) is 2. The summed E-state index contributed by atoms with van der Waals surface area (Å²) in [6.07, 6.45) is 1.86. The Labute approximate surface area is 365 Å². The molecule has 1 saturated heterocycles. The minimum absolute atomic E-state index is 0.00355. The van der Waals surface area contributed by atoms with Crippen LogP contribution in [0.3, 0.4) is 0 Å². The highest BCUT2D eigenvalue weighted by atomic mass is 16.5. The number of Topliss-reactive ketones (excluding diaryl/α,β-unsaturated/α-hetero) is 1. The Bertz CT molecular complexity index is 1770. The van der Waals surface area contributed by atoms with Crippen LogP contribution < -0.4 is 10.6 Å². The molecule has 1 fully saturated rings. The number of ketones is 1. The van der Waals surface area contributed by atoms with Crippen LogP contribution in [0.25, 0.3) is 0 Å². The van der Waals surface area contributed by atoms with E-state index in [-0.39, 0.29) is 83.5 Å². The first kappa shape index (κ1) is 50.8. The van der Waals surface area contributed by atoms with Crippen LogP contribution in [0.5, 0.6) is 0 Å². The molecule has 2 N–H and O–H groups in total. The number of benzene rings is 2. The highest BCUT2D eigenvalue weighted by Gasteiger charge is 2.41. The Kier molecular flexibility index (Phi) is 19.2. The van der Waals surface area contributed by atoms with Gasteiger partial charge in [-0.25, -0.2) is 4.79 Å². The number of nitrogens with one attached hydrogen (secondary N) is 2. The summed E-state index contributed by atoms with van der Waals surface area (Å²) >= 11 is 0. The molecule has 1 unspecified atom stereocenters. The average Bonchev–Trinajstić information content (AvgIpc) is 3.71. The van der Waals surface area contributed by atoms with E-state index in [1.807, 2.05) is 110 Å². The monoisotopic (exact) mass is 846 g/mol. The van der Waals surface area contributed by atoms with Crippen molar-refractivity contribution >= 4 is 35.4 Å². The molecular weight excluding hydrogens is 771 g/mol. The van der Waals surface area contributed by atoms with Gasteiger partial charge >= 0.3 is 5.97 Å². The van der Waals surface area contributed by atoms with Crippen LogP contribution in [0, 0.1) is 35.5 Å². The lowest BCUT2D eigenvalue weighted by molar-refractivity contribution is -0.143. The molecule has 61 heavy (non-hydrogen) atoms. The second-order valence-corrected chi connectivity index (χ2v) is 18.5. The van der Waals surface area contributed by atoms with Crippen molar-refractivity contribution in [2.24, 2.45) is 35.5 Å². The fourth-order valence-corrected chi connectivity index (χ4v) is 9.11. The minimum atomic E-state index is -0.788. The van der Waals surface area contributed by atoms with E-state index in [0.717, 1.165) is 24.8 Å². The largest absolute Gasteiger partial charge is 0.452 e. The summed E-state index contributed by atoms with van der Waals surface area (Å²) in [6, 6.07) is 13.5. The van der Waals surface area contributed by atoms with Crippen molar-refractivity contribution in [1.29, 1.82) is 0 Å². The average molecular weight is 846 g/mol. The van der Waals surface area contributed by atoms with Crippen LogP contribution in [-0.4, -0.2) is 108 Å². The van der Waals surface area contributed by atoms with Crippen LogP contribution in [0.1, 0.15) is 134 Å². The molecule has 10 atom stereocenters. The highest BCUT2D eigenvalue weighted by Crippen LogP contribution is 2.33. The molecule has 4 amide bonds. The molecule has 1 aliphatic heterocycles. The summed E-state index contributed by atoms with van der Waals surface area (Å²) in [6.45, 7) is 21.9. The zero-order chi connectivity index (χ0) is 45.9. The lowest BCUT2D eigenvalue weighted by atomic mass is 9.84. The molecule has 0 bridgehead atoms. The molecule has 0 aromatic heterocycles. The third-order valence-corrected chi connectivity index (χ3v) is 12.9. The van der Waals surface area contributed by atoms with Crippen LogP contribution in [-0.2, 0) is 23.9 Å². The van der Waals surface area contributed by atoms with Gasteiger partial charge in [-0.1, -0.05) is 111 Å². The first-order valence-electron chi connectivity index (χ1n) is 22.3. The Hall–Kier alpha value is -4.58. The number of rotatable bonds is 21. The van der Waals surface area contributed by atoms with Gasteiger partial charge in [-0.15, -0.1) is 0 Å². The second kappa shape index (κ2) is 23.0. The highest BCUT2D eigenvalue weighted by molar-refractivity contribution is 5.96. The Morgan fingerprint density at radius 1 is 0.770 bits per heavy atom. The van der Waals surface area contributed by atoms with Crippen LogP contribution in [0.15, 0.2) is 54.6 Å². The predicted molar refractivity (Wildman–Crippen MR) is 241 cm³/mol. The van der Waals surface area contributed by atoms with Crippen molar-refractivity contribution in [2.45, 2.75) is 138 Å². The van der Waals surface area contributed by atoms with Gasteiger partial charge < -0.3 is 25.2 Å². The maximum atomic E-state index is 14.3. The molecule has 12 heteroatoms. The first-order chi connectivity index (χ1) is 28.6. The van der Waals surface area contributed by atoms with Crippen molar-refractivity contribution in [1.82, 2.24) is 25.3 Å². The number of carbonyl (C=O) groups excluding carboxylic acids is 6. The SMILES string of the molecule is CC[C@H](C)[C@@H]([C@H](C)CC(=O)N1CCC[C@H]1[C@H](C)[C@@H](C)C(=O)N[C@H](C)C(OC(=O)c1ccc(C(C)=O)cc1)c1ccccc1)N(C)C(=O)[C@@H](NC(=O)[C@H](C(C)C)N(C)C)C(C)C. The van der Waals surface area contributed by atoms with Gasteiger partial charge in [-0.3, -0.25) is 28.9 Å². The second-order valence-electron chi connectivity index (χ2n) is 18.5. The number of nitrogens with zero attached hydrogens (tertiary/aromatic N) is 3. The van der Waals surface area contributed by atoms with Crippen LogP contribution >= 0.6 is 0 Å². The van der Waals surface area contributed by atoms with E-state index >= 15 is 0 Å². The smallest absolute Gasteiger partial charge is 0.338 e. The van der Waals surface area contributed by atoms with Crippen molar-refractivity contribution in [3.63, 3.8) is 0 Å². The number of likely N-dealkylation sites (tertiary alicyclic amines) is 1. The summed E-state index contributed by atoms with van der Waals surface area (Å²) in [7, 11) is 5.53. The Balaban J connectivity index is 1.74. The molecule has 1 heterocycles. The van der Waals surface area contributed by atoms with E-state index in [1.165, 1.54) is 6.92 Å². The Morgan fingerprint density at radius 3 is 1.89 bits per heavy atom. The normalized spacial score (nSPS) is 18.6. The zero-order valence-electron chi connectivity index (χ0n) is 39.4. The van der Waals surface area contributed by atoms with Crippen molar-refractivity contribution in [3.05, 3.63) is 71.3 Å². The van der Waals surface area contributed by atoms with Crippen LogP contribution in [0.2, 0.25) is 0 Å². The maximum absolute atomic E-state index is 14.3. The summed E-state index contributed by atoms with van der Waals surface area (Å²) in [5, 5.41) is 6.18. The van der Waals surface area contributed by atoms with Gasteiger partial charge in [0.05, 0.1) is 17.6 Å². The number of carbonyl (C=O) groups is 6. The fraction of sp³-hybridized carbons (Fsp3) is 0.633. The number of amides is 4. The molecule has 0 saturated carbocycles. The van der Waals surface area contributed by atoms with E-state index in [1.54, 1.807) is 36.2 Å². The third kappa shape index (κ3) is 13.2. The van der Waals surface area contributed by atoms with Crippen molar-refractivity contribution in [3.8, 4) is 0 Å². The molecule has 2 aromatic carbocycles. The lowest BCUT2D eigenvalue weighted by Crippen LogP contribution is -2.58. The quantitative estimate of drug-likeness (QED) is 0.0994.